The highest BCUT2D eigenvalue weighted by atomic mass is 16.6. The summed E-state index contributed by atoms with van der Waals surface area (Å²) >= 11 is 0. The van der Waals surface area contributed by atoms with Crippen LogP contribution in [0.25, 0.3) is 0 Å². The van der Waals surface area contributed by atoms with Gasteiger partial charge in [0.05, 0.1) is 17.7 Å². The summed E-state index contributed by atoms with van der Waals surface area (Å²) in [6, 6.07) is 2.37. The number of aliphatic hydroxyl groups excluding tert-OH is 1. The zero-order chi connectivity index (χ0) is 13.7. The number of nitro groups is 1. The van der Waals surface area contributed by atoms with Gasteiger partial charge in [0.25, 0.3) is 11.2 Å². The summed E-state index contributed by atoms with van der Waals surface area (Å²) in [6.07, 6.45) is 1.24. The van der Waals surface area contributed by atoms with Crippen molar-refractivity contribution in [3.8, 4) is 0 Å². The van der Waals surface area contributed by atoms with Crippen LogP contribution in [0.5, 0.6) is 0 Å². The van der Waals surface area contributed by atoms with Crippen molar-refractivity contribution in [2.24, 2.45) is 0 Å². The molecule has 0 aliphatic carbocycles. The zero-order valence-corrected chi connectivity index (χ0v) is 10.4. The van der Waals surface area contributed by atoms with E-state index in [2.05, 4.69) is 0 Å². The maximum absolute atomic E-state index is 11.5. The third-order valence-corrected chi connectivity index (χ3v) is 2.89. The van der Waals surface area contributed by atoms with E-state index in [0.29, 0.717) is 13.1 Å². The predicted molar refractivity (Wildman–Crippen MR) is 66.5 cm³/mol. The monoisotopic (exact) mass is 255 g/mol. The molecule has 0 aliphatic heterocycles. The van der Waals surface area contributed by atoms with E-state index in [0.717, 1.165) is 0 Å². The zero-order valence-electron chi connectivity index (χ0n) is 10.4. The maximum atomic E-state index is 11.5. The second kappa shape index (κ2) is 6.27. The summed E-state index contributed by atoms with van der Waals surface area (Å²) in [5.41, 5.74) is -0.377. The molecule has 7 nitrogen and oxygen atoms in total. The van der Waals surface area contributed by atoms with Gasteiger partial charge in [-0.05, 0) is 14.0 Å². The first-order valence-electron chi connectivity index (χ1n) is 5.61. The number of aromatic nitrogens is 1. The summed E-state index contributed by atoms with van der Waals surface area (Å²) in [5, 5.41) is 19.6. The lowest BCUT2D eigenvalue weighted by Gasteiger charge is -2.22. The van der Waals surface area contributed by atoms with Gasteiger partial charge in [0.2, 0.25) is 0 Å². The molecule has 7 heteroatoms. The van der Waals surface area contributed by atoms with Crippen LogP contribution < -0.4 is 5.56 Å². The Morgan fingerprint density at radius 3 is 2.78 bits per heavy atom. The van der Waals surface area contributed by atoms with E-state index in [9.17, 15) is 14.9 Å². The van der Waals surface area contributed by atoms with Gasteiger partial charge in [-0.1, -0.05) is 0 Å². The molecule has 0 saturated carbocycles. The molecular weight excluding hydrogens is 238 g/mol. The fourth-order valence-electron chi connectivity index (χ4n) is 1.43. The van der Waals surface area contributed by atoms with E-state index in [1.165, 1.54) is 22.9 Å². The third kappa shape index (κ3) is 3.64. The molecule has 1 aromatic heterocycles. The van der Waals surface area contributed by atoms with Gasteiger partial charge in [0.15, 0.2) is 0 Å². The van der Waals surface area contributed by atoms with Gasteiger partial charge < -0.3 is 9.67 Å². The van der Waals surface area contributed by atoms with Crippen LogP contribution in [0.1, 0.15) is 6.92 Å². The van der Waals surface area contributed by atoms with Gasteiger partial charge in [-0.25, -0.2) is 0 Å². The third-order valence-electron chi connectivity index (χ3n) is 2.89. The smallest absolute Gasteiger partial charge is 0.285 e. The summed E-state index contributed by atoms with van der Waals surface area (Å²) in [5.74, 6) is 0. The molecule has 0 radical (unpaired) electrons. The number of likely N-dealkylation sites (N-methyl/N-ethyl adjacent to an activating group) is 1. The quantitative estimate of drug-likeness (QED) is 0.574. The summed E-state index contributed by atoms with van der Waals surface area (Å²) in [6.45, 7) is 2.76. The lowest BCUT2D eigenvalue weighted by Crippen LogP contribution is -2.36. The Labute approximate surface area is 104 Å². The van der Waals surface area contributed by atoms with Crippen LogP contribution in [0.4, 0.5) is 5.69 Å². The predicted octanol–water partition coefficient (Wildman–Crippen LogP) is 0.0691. The lowest BCUT2D eigenvalue weighted by atomic mass is 10.3. The number of nitrogens with zero attached hydrogens (tertiary/aromatic N) is 3. The highest BCUT2D eigenvalue weighted by Crippen LogP contribution is 2.06. The molecule has 0 saturated heterocycles. The molecule has 1 rings (SSSR count). The van der Waals surface area contributed by atoms with Crippen molar-refractivity contribution in [1.82, 2.24) is 9.47 Å². The molecule has 1 aromatic rings. The highest BCUT2D eigenvalue weighted by Gasteiger charge is 2.10. The number of aliphatic hydroxyl groups is 1. The van der Waals surface area contributed by atoms with E-state index in [1.807, 2.05) is 18.9 Å². The van der Waals surface area contributed by atoms with Crippen molar-refractivity contribution in [3.05, 3.63) is 38.8 Å². The van der Waals surface area contributed by atoms with Crippen molar-refractivity contribution >= 4 is 5.69 Å². The Balaban J connectivity index is 2.75. The van der Waals surface area contributed by atoms with E-state index in [1.54, 1.807) is 0 Å². The largest absolute Gasteiger partial charge is 0.395 e. The van der Waals surface area contributed by atoms with E-state index in [-0.39, 0.29) is 23.9 Å². The Kier molecular flexibility index (Phi) is 4.99. The normalized spacial score (nSPS) is 12.7. The van der Waals surface area contributed by atoms with Gasteiger partial charge in [-0.15, -0.1) is 0 Å². The SMILES string of the molecule is CC(CO)N(C)CCn1cc([N+](=O)[O-])ccc1=O. The fraction of sp³-hybridized carbons (Fsp3) is 0.545. The van der Waals surface area contributed by atoms with Crippen molar-refractivity contribution in [2.75, 3.05) is 20.2 Å². The molecular formula is C11H17N3O4. The van der Waals surface area contributed by atoms with Crippen LogP contribution in [-0.4, -0.2) is 45.7 Å². The van der Waals surface area contributed by atoms with Crippen LogP contribution in [0.2, 0.25) is 0 Å². The van der Waals surface area contributed by atoms with Gasteiger partial charge in [-0.2, -0.15) is 0 Å². The summed E-state index contributed by atoms with van der Waals surface area (Å²) in [7, 11) is 1.82. The summed E-state index contributed by atoms with van der Waals surface area (Å²) < 4.78 is 1.30. The van der Waals surface area contributed by atoms with Crippen LogP contribution in [0.3, 0.4) is 0 Å². The molecule has 1 atom stereocenters. The first kappa shape index (κ1) is 14.3. The van der Waals surface area contributed by atoms with Crippen molar-refractivity contribution in [3.63, 3.8) is 0 Å². The van der Waals surface area contributed by atoms with Crippen LogP contribution in [0, 0.1) is 10.1 Å². The standard InChI is InChI=1S/C11H17N3O4/c1-9(8-15)12(2)5-6-13-7-10(14(17)18)3-4-11(13)16/h3-4,7,9,15H,5-6,8H2,1-2H3. The molecule has 18 heavy (non-hydrogen) atoms. The first-order valence-corrected chi connectivity index (χ1v) is 5.61. The molecule has 0 amide bonds. The fourth-order valence-corrected chi connectivity index (χ4v) is 1.43. The maximum Gasteiger partial charge on any atom is 0.285 e. The van der Waals surface area contributed by atoms with E-state index in [4.69, 9.17) is 5.11 Å². The molecule has 1 N–H and O–H groups in total. The average Bonchev–Trinajstić information content (AvgIpc) is 2.36. The Morgan fingerprint density at radius 1 is 1.56 bits per heavy atom. The highest BCUT2D eigenvalue weighted by molar-refractivity contribution is 5.24. The molecule has 1 heterocycles. The number of rotatable bonds is 6. The van der Waals surface area contributed by atoms with Crippen molar-refractivity contribution in [1.29, 1.82) is 0 Å². The van der Waals surface area contributed by atoms with Gasteiger partial charge in [0, 0.05) is 31.3 Å². The molecule has 0 bridgehead atoms. The molecule has 100 valence electrons. The Hall–Kier alpha value is -1.73. The number of hydrogen-bond acceptors (Lipinski definition) is 5. The van der Waals surface area contributed by atoms with E-state index >= 15 is 0 Å². The minimum Gasteiger partial charge on any atom is -0.395 e. The van der Waals surface area contributed by atoms with Crippen molar-refractivity contribution < 1.29 is 10.0 Å². The van der Waals surface area contributed by atoms with Crippen LogP contribution in [-0.2, 0) is 6.54 Å². The molecule has 0 aliphatic rings. The minimum absolute atomic E-state index is 0.0144. The van der Waals surface area contributed by atoms with Crippen LogP contribution >= 0.6 is 0 Å². The van der Waals surface area contributed by atoms with Gasteiger partial charge in [0.1, 0.15) is 0 Å². The second-order valence-corrected chi connectivity index (χ2v) is 4.19. The van der Waals surface area contributed by atoms with Gasteiger partial charge >= 0.3 is 0 Å². The van der Waals surface area contributed by atoms with Crippen molar-refractivity contribution in [2.45, 2.75) is 19.5 Å². The number of pyridine rings is 1. The topological polar surface area (TPSA) is 88.6 Å². The lowest BCUT2D eigenvalue weighted by molar-refractivity contribution is -0.385. The Morgan fingerprint density at radius 2 is 2.22 bits per heavy atom. The molecule has 0 spiro atoms. The van der Waals surface area contributed by atoms with Crippen LogP contribution in [0.15, 0.2) is 23.1 Å². The van der Waals surface area contributed by atoms with E-state index < -0.39 is 4.92 Å². The van der Waals surface area contributed by atoms with Gasteiger partial charge in [-0.3, -0.25) is 19.8 Å². The molecule has 0 aromatic carbocycles. The second-order valence-electron chi connectivity index (χ2n) is 4.19. The first-order chi connectivity index (χ1) is 8.45. The average molecular weight is 255 g/mol. The molecule has 0 fully saturated rings. The summed E-state index contributed by atoms with van der Waals surface area (Å²) in [4.78, 5) is 23.5. The Bertz CT molecular complexity index is 472. The molecule has 1 unspecified atom stereocenters. The minimum atomic E-state index is -0.532. The number of hydrogen-bond donors (Lipinski definition) is 1.